The summed E-state index contributed by atoms with van der Waals surface area (Å²) in [5, 5.41) is 7.30. The van der Waals surface area contributed by atoms with Crippen molar-refractivity contribution in [2.24, 2.45) is 0 Å². The van der Waals surface area contributed by atoms with Crippen LogP contribution in [0.3, 0.4) is 0 Å². The molecule has 2 aliphatic rings. The molecule has 0 saturated carbocycles. The van der Waals surface area contributed by atoms with Gasteiger partial charge in [0, 0.05) is 12.0 Å². The van der Waals surface area contributed by atoms with Gasteiger partial charge in [-0.2, -0.15) is 4.98 Å². The fraction of sp³-hybridized carbons (Fsp3) is 0.385. The summed E-state index contributed by atoms with van der Waals surface area (Å²) in [4.78, 5) is 4.45. The molecule has 0 amide bonds. The van der Waals surface area contributed by atoms with Crippen molar-refractivity contribution < 1.29 is 9.26 Å². The molecule has 2 aliphatic heterocycles. The number of hydrogen-bond acceptors (Lipinski definition) is 5. The van der Waals surface area contributed by atoms with Crippen LogP contribution >= 0.6 is 12.4 Å². The van der Waals surface area contributed by atoms with Crippen LogP contribution < -0.4 is 10.1 Å². The normalized spacial score (nSPS) is 20.1. The molecule has 1 fully saturated rings. The van der Waals surface area contributed by atoms with Crippen molar-refractivity contribution in [3.63, 3.8) is 0 Å². The highest BCUT2D eigenvalue weighted by Crippen LogP contribution is 2.30. The lowest BCUT2D eigenvalue weighted by molar-refractivity contribution is 0.273. The van der Waals surface area contributed by atoms with Gasteiger partial charge in [-0.1, -0.05) is 5.16 Å². The molecule has 1 N–H and O–H groups in total. The lowest BCUT2D eigenvalue weighted by Gasteiger charge is -2.23. The standard InChI is InChI=1S/C13H13N3O2.ClH/c1-2-11-8(4-6-17-11)7-9(1)12-15-13(18-16-12)10-3-5-14-10;/h1-2,7,10,14H,3-6H2;1H/t10-;/m1./s1. The van der Waals surface area contributed by atoms with Crippen molar-refractivity contribution in [2.75, 3.05) is 13.2 Å². The predicted octanol–water partition coefficient (Wildman–Crippen LogP) is 2.13. The highest BCUT2D eigenvalue weighted by molar-refractivity contribution is 5.85. The van der Waals surface area contributed by atoms with Crippen LogP contribution in [0.2, 0.25) is 0 Å². The number of fused-ring (bicyclic) bond motifs is 1. The first-order valence-electron chi connectivity index (χ1n) is 6.23. The van der Waals surface area contributed by atoms with Crippen molar-refractivity contribution in [2.45, 2.75) is 18.9 Å². The molecule has 1 saturated heterocycles. The van der Waals surface area contributed by atoms with Gasteiger partial charge in [0.2, 0.25) is 11.7 Å². The average molecular weight is 280 g/mol. The fourth-order valence-electron chi connectivity index (χ4n) is 2.32. The van der Waals surface area contributed by atoms with E-state index in [1.165, 1.54) is 5.56 Å². The largest absolute Gasteiger partial charge is 0.493 e. The minimum Gasteiger partial charge on any atom is -0.493 e. The number of aromatic nitrogens is 2. The van der Waals surface area contributed by atoms with E-state index < -0.39 is 0 Å². The van der Waals surface area contributed by atoms with Gasteiger partial charge in [0.05, 0.1) is 12.6 Å². The first-order valence-corrected chi connectivity index (χ1v) is 6.23. The van der Waals surface area contributed by atoms with Crippen LogP contribution in [0.15, 0.2) is 22.7 Å². The lowest BCUT2D eigenvalue weighted by Crippen LogP contribution is -2.35. The maximum Gasteiger partial charge on any atom is 0.244 e. The highest BCUT2D eigenvalue weighted by atomic mass is 35.5. The van der Waals surface area contributed by atoms with Crippen LogP contribution in [0.25, 0.3) is 11.4 Å². The summed E-state index contributed by atoms with van der Waals surface area (Å²) in [5.41, 5.74) is 2.22. The Morgan fingerprint density at radius 3 is 3.00 bits per heavy atom. The Hall–Kier alpha value is -1.59. The molecule has 100 valence electrons. The molecular weight excluding hydrogens is 266 g/mol. The third kappa shape index (κ3) is 2.09. The second-order valence-corrected chi connectivity index (χ2v) is 4.67. The Morgan fingerprint density at radius 1 is 1.32 bits per heavy atom. The maximum atomic E-state index is 5.49. The molecule has 19 heavy (non-hydrogen) atoms. The second-order valence-electron chi connectivity index (χ2n) is 4.67. The van der Waals surface area contributed by atoms with Gasteiger partial charge in [0.25, 0.3) is 0 Å². The van der Waals surface area contributed by atoms with E-state index in [1.54, 1.807) is 0 Å². The molecule has 0 radical (unpaired) electrons. The summed E-state index contributed by atoms with van der Waals surface area (Å²) in [6.07, 6.45) is 2.03. The minimum absolute atomic E-state index is 0. The van der Waals surface area contributed by atoms with Crippen LogP contribution in [0.4, 0.5) is 0 Å². The SMILES string of the molecule is Cl.c1cc2c(cc1-c1noc([C@H]3CCN3)n1)CCO2. The van der Waals surface area contributed by atoms with Crippen LogP contribution in [-0.2, 0) is 6.42 Å². The minimum atomic E-state index is 0. The van der Waals surface area contributed by atoms with E-state index in [1.807, 2.05) is 12.1 Å². The van der Waals surface area contributed by atoms with Gasteiger partial charge in [-0.3, -0.25) is 0 Å². The molecule has 1 aromatic heterocycles. The molecule has 0 spiro atoms. The van der Waals surface area contributed by atoms with Crippen LogP contribution in [-0.4, -0.2) is 23.3 Å². The first-order chi connectivity index (χ1) is 8.90. The van der Waals surface area contributed by atoms with Gasteiger partial charge >= 0.3 is 0 Å². The van der Waals surface area contributed by atoms with Crippen molar-refractivity contribution >= 4 is 12.4 Å². The number of ether oxygens (including phenoxy) is 1. The maximum absolute atomic E-state index is 5.49. The zero-order chi connectivity index (χ0) is 11.9. The molecule has 0 unspecified atom stereocenters. The summed E-state index contributed by atoms with van der Waals surface area (Å²) in [5.74, 6) is 2.32. The van der Waals surface area contributed by atoms with E-state index in [4.69, 9.17) is 9.26 Å². The molecular formula is C13H14ClN3O2. The van der Waals surface area contributed by atoms with E-state index in [2.05, 4.69) is 21.5 Å². The lowest BCUT2D eigenvalue weighted by atomic mass is 10.1. The van der Waals surface area contributed by atoms with E-state index >= 15 is 0 Å². The highest BCUT2D eigenvalue weighted by Gasteiger charge is 2.25. The quantitative estimate of drug-likeness (QED) is 0.912. The summed E-state index contributed by atoms with van der Waals surface area (Å²) in [7, 11) is 0. The molecule has 5 nitrogen and oxygen atoms in total. The molecule has 3 heterocycles. The van der Waals surface area contributed by atoms with Crippen molar-refractivity contribution in [3.8, 4) is 17.1 Å². The van der Waals surface area contributed by atoms with Crippen LogP contribution in [0.5, 0.6) is 5.75 Å². The van der Waals surface area contributed by atoms with Gasteiger partial charge in [0.1, 0.15) is 5.75 Å². The van der Waals surface area contributed by atoms with Gasteiger partial charge < -0.3 is 14.6 Å². The Labute approximate surface area is 116 Å². The Kier molecular flexibility index (Phi) is 3.16. The molecule has 0 bridgehead atoms. The number of halogens is 1. The smallest absolute Gasteiger partial charge is 0.244 e. The molecule has 1 atom stereocenters. The Bertz CT molecular complexity index is 595. The van der Waals surface area contributed by atoms with E-state index in [0.717, 1.165) is 37.3 Å². The van der Waals surface area contributed by atoms with Crippen LogP contribution in [0, 0.1) is 0 Å². The number of nitrogens with zero attached hydrogens (tertiary/aromatic N) is 2. The van der Waals surface area contributed by atoms with E-state index in [0.29, 0.717) is 11.7 Å². The molecule has 4 rings (SSSR count). The number of benzene rings is 1. The van der Waals surface area contributed by atoms with Gasteiger partial charge in [-0.15, -0.1) is 12.4 Å². The zero-order valence-electron chi connectivity index (χ0n) is 10.3. The second kappa shape index (κ2) is 4.83. The van der Waals surface area contributed by atoms with Crippen LogP contribution in [0.1, 0.15) is 23.9 Å². The van der Waals surface area contributed by atoms with E-state index in [-0.39, 0.29) is 18.4 Å². The molecule has 0 aliphatic carbocycles. The predicted molar refractivity (Wildman–Crippen MR) is 71.5 cm³/mol. The first kappa shape index (κ1) is 12.4. The monoisotopic (exact) mass is 279 g/mol. The molecule has 1 aromatic carbocycles. The van der Waals surface area contributed by atoms with Crippen molar-refractivity contribution in [1.29, 1.82) is 0 Å². The van der Waals surface area contributed by atoms with Crippen molar-refractivity contribution in [1.82, 2.24) is 15.5 Å². The summed E-state index contributed by atoms with van der Waals surface area (Å²) in [6, 6.07) is 6.29. The molecule has 6 heteroatoms. The third-order valence-corrected chi connectivity index (χ3v) is 3.51. The third-order valence-electron chi connectivity index (χ3n) is 3.51. The van der Waals surface area contributed by atoms with E-state index in [9.17, 15) is 0 Å². The number of rotatable bonds is 2. The van der Waals surface area contributed by atoms with Crippen molar-refractivity contribution in [3.05, 3.63) is 29.7 Å². The van der Waals surface area contributed by atoms with Gasteiger partial charge in [0.15, 0.2) is 0 Å². The number of hydrogen-bond donors (Lipinski definition) is 1. The summed E-state index contributed by atoms with van der Waals surface area (Å²) >= 11 is 0. The molecule has 2 aromatic rings. The Balaban J connectivity index is 0.00000110. The van der Waals surface area contributed by atoms with Gasteiger partial charge in [-0.25, -0.2) is 0 Å². The average Bonchev–Trinajstić information content (AvgIpc) is 2.93. The van der Waals surface area contributed by atoms with Gasteiger partial charge in [-0.05, 0) is 36.7 Å². The zero-order valence-corrected chi connectivity index (χ0v) is 11.1. The fourth-order valence-corrected chi connectivity index (χ4v) is 2.32. The Morgan fingerprint density at radius 2 is 2.21 bits per heavy atom. The number of nitrogens with one attached hydrogen (secondary N) is 1. The topological polar surface area (TPSA) is 60.2 Å². The summed E-state index contributed by atoms with van der Waals surface area (Å²) < 4.78 is 10.8. The summed E-state index contributed by atoms with van der Waals surface area (Å²) in [6.45, 7) is 1.79.